The van der Waals surface area contributed by atoms with Crippen LogP contribution in [-0.2, 0) is 66.7 Å². The van der Waals surface area contributed by atoms with Gasteiger partial charge in [0.25, 0.3) is 0 Å². The average molecular weight is 979 g/mol. The number of hydrogen-bond acceptors (Lipinski definition) is 18. The molecule has 1 N–H and O–H groups in total. The summed E-state index contributed by atoms with van der Waals surface area (Å²) in [6, 6.07) is -0.888. The molecule has 0 aromatic heterocycles. The topological polar surface area (TPSA) is 233 Å². The third-order valence-electron chi connectivity index (χ3n) is 16.8. The second-order valence-corrected chi connectivity index (χ2v) is 20.7. The normalized spacial score (nSPS) is 32.4. The van der Waals surface area contributed by atoms with Crippen LogP contribution < -0.4 is 5.32 Å². The number of carbonyl (C=O) groups is 7. The van der Waals surface area contributed by atoms with Crippen LogP contribution in [0, 0.1) is 45.3 Å². The molecule has 5 aliphatic rings. The summed E-state index contributed by atoms with van der Waals surface area (Å²) in [5.41, 5.74) is -0.483. The molecule has 5 heterocycles. The Morgan fingerprint density at radius 1 is 0.586 bits per heavy atom. The minimum Gasteiger partial charge on any atom is -0.469 e. The molecule has 0 amide bonds. The minimum atomic E-state index is -1.37. The Labute approximate surface area is 411 Å². The summed E-state index contributed by atoms with van der Waals surface area (Å²) in [6.45, 7) is 15.7. The SMILES string of the molecule is COC(=O)CC[C@@H]1C2=C(C)C3=NC([C@H](CC(=O)OC)[C@@]3(C)CCC(=O)OC)[C@@]3(C)N=C(/C(C)=C4\N/C(=C\C(=N2)C1(C)C)[C@@H](CCC(=O)OC)[C@]4(C)CC(=O)OC)[C@@H](CCC(=O)OC)[C@]3(C)CC(=O)OC. The Balaban J connectivity index is 2.05. The number of aliphatic imine (C=N–C) groups is 3. The van der Waals surface area contributed by atoms with Gasteiger partial charge in [0, 0.05) is 105 Å². The van der Waals surface area contributed by atoms with E-state index in [2.05, 4.69) is 19.2 Å². The number of methoxy groups -OCH3 is 7. The Bertz CT molecular complexity index is 2340. The number of nitrogens with zero attached hydrogens (tertiary/aromatic N) is 3. The molecule has 9 atom stereocenters. The fourth-order valence-electron chi connectivity index (χ4n) is 12.3. The molecule has 1 fully saturated rings. The number of rotatable bonds is 18. The summed E-state index contributed by atoms with van der Waals surface area (Å²) in [5.74, 6) is -5.67. The van der Waals surface area contributed by atoms with Crippen LogP contribution >= 0.6 is 0 Å². The highest BCUT2D eigenvalue weighted by atomic mass is 16.5. The number of ether oxygens (including phenoxy) is 7. The van der Waals surface area contributed by atoms with Crippen molar-refractivity contribution in [2.45, 2.75) is 138 Å². The first kappa shape index (κ1) is 55.2. The first-order chi connectivity index (χ1) is 32.8. The van der Waals surface area contributed by atoms with E-state index in [1.807, 2.05) is 47.6 Å². The number of carbonyl (C=O) groups excluding carboxylic acids is 7. The summed E-state index contributed by atoms with van der Waals surface area (Å²) >= 11 is 0. The predicted octanol–water partition coefficient (Wildman–Crippen LogP) is 6.54. The maximum absolute atomic E-state index is 14.0. The lowest BCUT2D eigenvalue weighted by atomic mass is 9.55. The molecule has 0 aromatic rings. The van der Waals surface area contributed by atoms with Gasteiger partial charge >= 0.3 is 41.8 Å². The fraction of sp³-hybridized carbons (Fsp3) is 0.692. The molecule has 0 saturated carbocycles. The smallest absolute Gasteiger partial charge is 0.306 e. The van der Waals surface area contributed by atoms with Crippen LogP contribution in [0.2, 0.25) is 0 Å². The second-order valence-electron chi connectivity index (χ2n) is 20.7. The summed E-state index contributed by atoms with van der Waals surface area (Å²) in [7, 11) is 9.21. The number of nitrogens with one attached hydrogen (secondary N) is 1. The largest absolute Gasteiger partial charge is 0.469 e. The first-order valence-electron chi connectivity index (χ1n) is 24.0. The Morgan fingerprint density at radius 3 is 1.60 bits per heavy atom. The summed E-state index contributed by atoms with van der Waals surface area (Å²) in [4.78, 5) is 111. The van der Waals surface area contributed by atoms with Crippen LogP contribution in [0.4, 0.5) is 0 Å². The van der Waals surface area contributed by atoms with Crippen molar-refractivity contribution in [2.24, 2.45) is 60.3 Å². The van der Waals surface area contributed by atoms with Crippen molar-refractivity contribution in [3.63, 3.8) is 0 Å². The van der Waals surface area contributed by atoms with Crippen LogP contribution in [0.3, 0.4) is 0 Å². The van der Waals surface area contributed by atoms with E-state index >= 15 is 0 Å². The maximum atomic E-state index is 14.0. The maximum Gasteiger partial charge on any atom is 0.306 e. The molecule has 5 aliphatic heterocycles. The van der Waals surface area contributed by atoms with Gasteiger partial charge in [-0.15, -0.1) is 0 Å². The molecule has 0 radical (unpaired) electrons. The van der Waals surface area contributed by atoms with Crippen molar-refractivity contribution in [3.8, 4) is 0 Å². The van der Waals surface area contributed by atoms with Gasteiger partial charge in [-0.3, -0.25) is 48.5 Å². The molecule has 18 nitrogen and oxygen atoms in total. The molecule has 1 unspecified atom stereocenters. The Kier molecular flexibility index (Phi) is 16.9. The highest BCUT2D eigenvalue weighted by molar-refractivity contribution is 6.10. The standard InChI is InChI=1S/C52H74N4O14/c1-28-43-31(17-20-37(58)65-10)48(3,4)35(54-43)25-34-30(16-19-36(57)64-9)50(6,26-41(62)69-14)46(53-34)29(2)44-32(18-21-38(59)66-11)51(7,27-42(63)70-15)52(8,56-44)47-33(24-40(61)68-13)49(5,45(28)55-47)23-22-39(60)67-12/h25,30-33,47,53H,16-24,26-27H2,1-15H3/b34-25-,43-28?,46-29-/t30-,31-,32-,33+,47?,49-,50+,51+,52-/m1/s1. The third kappa shape index (κ3) is 9.97. The van der Waals surface area contributed by atoms with E-state index < -0.39 is 98.7 Å². The molecule has 18 heteroatoms. The molecule has 0 aliphatic carbocycles. The molecule has 5 rings (SSSR count). The van der Waals surface area contributed by atoms with Crippen LogP contribution in [0.5, 0.6) is 0 Å². The second kappa shape index (κ2) is 21.4. The summed E-state index contributed by atoms with van der Waals surface area (Å²) in [6.07, 6.45) is 2.42. The van der Waals surface area contributed by atoms with Crippen LogP contribution in [-0.4, -0.2) is 120 Å². The quantitative estimate of drug-likeness (QED) is 0.113. The van der Waals surface area contributed by atoms with Gasteiger partial charge in [-0.25, -0.2) is 0 Å². The van der Waals surface area contributed by atoms with E-state index in [-0.39, 0.29) is 64.2 Å². The van der Waals surface area contributed by atoms with Crippen LogP contribution in [0.1, 0.15) is 126 Å². The van der Waals surface area contributed by atoms with Crippen molar-refractivity contribution in [2.75, 3.05) is 49.8 Å². The number of esters is 7. The van der Waals surface area contributed by atoms with Crippen molar-refractivity contribution < 1.29 is 66.7 Å². The third-order valence-corrected chi connectivity index (χ3v) is 16.8. The van der Waals surface area contributed by atoms with E-state index in [1.54, 1.807) is 0 Å². The lowest BCUT2D eigenvalue weighted by Gasteiger charge is -2.48. The molecule has 0 spiro atoms. The first-order valence-corrected chi connectivity index (χ1v) is 24.0. The predicted molar refractivity (Wildman–Crippen MR) is 258 cm³/mol. The van der Waals surface area contributed by atoms with E-state index in [1.165, 1.54) is 49.8 Å². The lowest BCUT2D eigenvalue weighted by molar-refractivity contribution is -0.147. The Hall–Kier alpha value is -5.68. The molecule has 8 bridgehead atoms. The summed E-state index contributed by atoms with van der Waals surface area (Å²) in [5, 5.41) is 3.73. The fourth-order valence-corrected chi connectivity index (χ4v) is 12.3. The van der Waals surface area contributed by atoms with Gasteiger partial charge in [-0.05, 0) is 63.7 Å². The van der Waals surface area contributed by atoms with Gasteiger partial charge in [-0.2, -0.15) is 0 Å². The molecule has 0 aromatic carbocycles. The monoisotopic (exact) mass is 979 g/mol. The van der Waals surface area contributed by atoms with Gasteiger partial charge in [0.1, 0.15) is 0 Å². The average Bonchev–Trinajstić information content (AvgIpc) is 3.95. The van der Waals surface area contributed by atoms with E-state index in [0.717, 1.165) is 0 Å². The minimum absolute atomic E-state index is 0.0103. The highest BCUT2D eigenvalue weighted by Crippen LogP contribution is 2.62. The zero-order chi connectivity index (χ0) is 52.3. The van der Waals surface area contributed by atoms with Gasteiger partial charge < -0.3 is 38.5 Å². The van der Waals surface area contributed by atoms with Crippen molar-refractivity contribution >= 4 is 58.9 Å². The highest BCUT2D eigenvalue weighted by Gasteiger charge is 2.66. The molecular formula is C52H74N4O14. The molecular weight excluding hydrogens is 905 g/mol. The lowest BCUT2D eigenvalue weighted by Crippen LogP contribution is -2.55. The number of allylic oxidation sites excluding steroid dienone is 6. The van der Waals surface area contributed by atoms with E-state index in [9.17, 15) is 33.6 Å². The van der Waals surface area contributed by atoms with Gasteiger partial charge in [-0.1, -0.05) is 34.6 Å². The van der Waals surface area contributed by atoms with Crippen LogP contribution in [0.25, 0.3) is 0 Å². The molecule has 386 valence electrons. The van der Waals surface area contributed by atoms with E-state index in [0.29, 0.717) is 51.8 Å². The van der Waals surface area contributed by atoms with Gasteiger partial charge in [0.15, 0.2) is 0 Å². The molecule has 70 heavy (non-hydrogen) atoms. The van der Waals surface area contributed by atoms with Crippen molar-refractivity contribution in [1.82, 2.24) is 5.32 Å². The van der Waals surface area contributed by atoms with Gasteiger partial charge in [0.2, 0.25) is 0 Å². The van der Waals surface area contributed by atoms with Crippen molar-refractivity contribution in [1.29, 1.82) is 0 Å². The zero-order valence-electron chi connectivity index (χ0n) is 43.8. The summed E-state index contributed by atoms with van der Waals surface area (Å²) < 4.78 is 36.8. The van der Waals surface area contributed by atoms with E-state index in [4.69, 9.17) is 48.1 Å². The molecule has 1 saturated heterocycles. The van der Waals surface area contributed by atoms with Crippen molar-refractivity contribution in [3.05, 3.63) is 34.3 Å². The van der Waals surface area contributed by atoms with Crippen LogP contribution in [0.15, 0.2) is 49.3 Å². The zero-order valence-corrected chi connectivity index (χ0v) is 43.8. The number of hydrogen-bond donors (Lipinski definition) is 1. The Morgan fingerprint density at radius 2 is 1.07 bits per heavy atom. The van der Waals surface area contributed by atoms with Gasteiger partial charge in [0.05, 0.1) is 80.6 Å². The number of fused-ring (bicyclic) bond motifs is 6.